The summed E-state index contributed by atoms with van der Waals surface area (Å²) in [4.78, 5) is 0. The molecule has 20 heavy (non-hydrogen) atoms. The van der Waals surface area contributed by atoms with Crippen LogP contribution in [0, 0.1) is 4.64 Å². The minimum absolute atomic E-state index is 0.134. The molecular formula is C14H8ClN3SSe. The second-order valence-electron chi connectivity index (χ2n) is 4.42. The van der Waals surface area contributed by atoms with E-state index in [1.165, 1.54) is 4.26 Å². The van der Waals surface area contributed by atoms with Gasteiger partial charge in [-0.2, -0.15) is 0 Å². The summed E-state index contributed by atoms with van der Waals surface area (Å²) in [6.45, 7) is 0. The van der Waals surface area contributed by atoms with E-state index in [1.54, 1.807) is 0 Å². The molecule has 6 heteroatoms. The predicted molar refractivity (Wildman–Crippen MR) is 85.7 cm³/mol. The first kappa shape index (κ1) is 12.4. The monoisotopic (exact) mass is 365 g/mol. The Bertz CT molecular complexity index is 998. The van der Waals surface area contributed by atoms with Crippen molar-refractivity contribution < 1.29 is 0 Å². The number of hydrogen-bond donors (Lipinski definition) is 1. The van der Waals surface area contributed by atoms with Crippen LogP contribution in [-0.2, 0) is 0 Å². The zero-order valence-electron chi connectivity index (χ0n) is 10.1. The second kappa shape index (κ2) is 4.57. The Morgan fingerprint density at radius 2 is 2.00 bits per heavy atom. The quantitative estimate of drug-likeness (QED) is 0.410. The van der Waals surface area contributed by atoms with Crippen molar-refractivity contribution in [3.63, 3.8) is 0 Å². The first-order valence-corrected chi connectivity index (χ1v) is 8.40. The predicted octanol–water partition coefficient (Wildman–Crippen LogP) is 3.95. The van der Waals surface area contributed by atoms with Crippen molar-refractivity contribution in [2.75, 3.05) is 0 Å². The van der Waals surface area contributed by atoms with E-state index in [1.807, 2.05) is 24.3 Å². The van der Waals surface area contributed by atoms with Crippen LogP contribution in [0.1, 0.15) is 0 Å². The van der Waals surface area contributed by atoms with Crippen molar-refractivity contribution in [3.05, 3.63) is 52.1 Å². The van der Waals surface area contributed by atoms with Gasteiger partial charge in [-0.05, 0) is 0 Å². The van der Waals surface area contributed by atoms with Gasteiger partial charge in [0, 0.05) is 0 Å². The molecule has 2 aromatic heterocycles. The number of nitrogens with one attached hydrogen (secondary N) is 1. The van der Waals surface area contributed by atoms with Gasteiger partial charge < -0.3 is 0 Å². The molecule has 0 fully saturated rings. The Labute approximate surface area is 130 Å². The van der Waals surface area contributed by atoms with E-state index in [0.29, 0.717) is 5.02 Å². The number of halogens is 1. The van der Waals surface area contributed by atoms with Gasteiger partial charge in [-0.3, -0.25) is 0 Å². The van der Waals surface area contributed by atoms with Crippen LogP contribution in [0.25, 0.3) is 26.4 Å². The van der Waals surface area contributed by atoms with Crippen LogP contribution in [0.3, 0.4) is 0 Å². The topological polar surface area (TPSA) is 33.6 Å². The summed E-state index contributed by atoms with van der Waals surface area (Å²) < 4.78 is 4.28. The maximum atomic E-state index is 6.01. The average molecular weight is 365 g/mol. The van der Waals surface area contributed by atoms with E-state index in [-0.39, 0.29) is 14.7 Å². The molecule has 0 saturated carbocycles. The standard InChI is InChI=1S/C14H8ClN3SSe/c15-8-5-6-9-11(7-8)16-17-13(9)18-14(19)10-3-1-2-4-12(10)20-18/h1-7H,(H,16,17). The summed E-state index contributed by atoms with van der Waals surface area (Å²) in [6, 6.07) is 14.0. The summed E-state index contributed by atoms with van der Waals surface area (Å²) in [6.07, 6.45) is 0. The molecule has 0 aliphatic carbocycles. The van der Waals surface area contributed by atoms with E-state index in [2.05, 4.69) is 32.0 Å². The zero-order chi connectivity index (χ0) is 13.7. The van der Waals surface area contributed by atoms with Gasteiger partial charge in [-0.25, -0.2) is 0 Å². The van der Waals surface area contributed by atoms with Crippen molar-refractivity contribution in [1.29, 1.82) is 0 Å². The molecule has 0 aliphatic rings. The van der Waals surface area contributed by atoms with Gasteiger partial charge in [0.1, 0.15) is 0 Å². The van der Waals surface area contributed by atoms with Crippen LogP contribution in [-0.4, -0.2) is 28.5 Å². The number of aromatic nitrogens is 3. The maximum absolute atomic E-state index is 6.01. The Hall–Kier alpha value is -1.39. The van der Waals surface area contributed by atoms with Crippen LogP contribution in [0.2, 0.25) is 5.02 Å². The van der Waals surface area contributed by atoms with Gasteiger partial charge in [0.05, 0.1) is 0 Å². The first-order chi connectivity index (χ1) is 9.74. The molecular weight excluding hydrogens is 357 g/mol. The SMILES string of the molecule is S=c1c2ccccc2[se]n1-c1n[nH]c2cc(Cl)ccc12. The fraction of sp³-hybridized carbons (Fsp3) is 0. The minimum atomic E-state index is 0.134. The van der Waals surface area contributed by atoms with Gasteiger partial charge in [0.25, 0.3) is 0 Å². The molecule has 2 aromatic carbocycles. The molecule has 0 bridgehead atoms. The van der Waals surface area contributed by atoms with Crippen molar-refractivity contribution >= 4 is 59.1 Å². The van der Waals surface area contributed by atoms with Gasteiger partial charge in [0.15, 0.2) is 0 Å². The third-order valence-corrected chi connectivity index (χ3v) is 6.38. The van der Waals surface area contributed by atoms with E-state index in [0.717, 1.165) is 26.7 Å². The van der Waals surface area contributed by atoms with Crippen molar-refractivity contribution in [2.24, 2.45) is 0 Å². The zero-order valence-corrected chi connectivity index (χ0v) is 13.4. The Morgan fingerprint density at radius 1 is 1.15 bits per heavy atom. The van der Waals surface area contributed by atoms with Crippen molar-refractivity contribution in [2.45, 2.75) is 0 Å². The fourth-order valence-electron chi connectivity index (χ4n) is 2.24. The summed E-state index contributed by atoms with van der Waals surface area (Å²) in [5.41, 5.74) is 0.932. The number of nitrogens with zero attached hydrogens (tertiary/aromatic N) is 2. The van der Waals surface area contributed by atoms with E-state index in [4.69, 9.17) is 23.8 Å². The summed E-state index contributed by atoms with van der Waals surface area (Å²) in [5.74, 6) is 0.887. The van der Waals surface area contributed by atoms with Gasteiger partial charge >= 0.3 is 131 Å². The number of hydrogen-bond acceptors (Lipinski definition) is 2. The molecule has 2 heterocycles. The summed E-state index contributed by atoms with van der Waals surface area (Å²) in [5, 5.41) is 10.3. The Morgan fingerprint density at radius 3 is 2.85 bits per heavy atom. The van der Waals surface area contributed by atoms with Crippen molar-refractivity contribution in [3.8, 4) is 5.82 Å². The molecule has 4 aromatic rings. The Kier molecular flexibility index (Phi) is 2.82. The second-order valence-corrected chi connectivity index (χ2v) is 7.32. The molecule has 0 amide bonds. The molecule has 0 unspecified atom stereocenters. The molecule has 1 N–H and O–H groups in total. The third kappa shape index (κ3) is 1.79. The molecule has 4 rings (SSSR count). The van der Waals surface area contributed by atoms with Crippen LogP contribution in [0.5, 0.6) is 0 Å². The molecule has 0 atom stereocenters. The number of benzene rings is 2. The van der Waals surface area contributed by atoms with Gasteiger partial charge in [0.2, 0.25) is 0 Å². The third-order valence-electron chi connectivity index (χ3n) is 3.19. The summed E-state index contributed by atoms with van der Waals surface area (Å²) >= 11 is 11.7. The van der Waals surface area contributed by atoms with Crippen LogP contribution >= 0.6 is 23.8 Å². The van der Waals surface area contributed by atoms with Crippen LogP contribution < -0.4 is 0 Å². The molecule has 98 valence electrons. The normalized spacial score (nSPS) is 11.4. The van der Waals surface area contributed by atoms with E-state index < -0.39 is 0 Å². The first-order valence-electron chi connectivity index (χ1n) is 5.99. The van der Waals surface area contributed by atoms with Gasteiger partial charge in [-0.1, -0.05) is 0 Å². The number of H-pyrrole nitrogens is 1. The summed E-state index contributed by atoms with van der Waals surface area (Å²) in [7, 11) is 0. The number of aromatic amines is 1. The van der Waals surface area contributed by atoms with E-state index in [9.17, 15) is 0 Å². The number of fused-ring (bicyclic) bond motifs is 2. The fourth-order valence-corrected chi connectivity index (χ4v) is 5.13. The van der Waals surface area contributed by atoms with Crippen LogP contribution in [0.15, 0.2) is 42.5 Å². The Balaban J connectivity index is 2.06. The van der Waals surface area contributed by atoms with Gasteiger partial charge in [-0.15, -0.1) is 0 Å². The molecule has 0 saturated heterocycles. The molecule has 0 aliphatic heterocycles. The van der Waals surface area contributed by atoms with Crippen molar-refractivity contribution in [1.82, 2.24) is 13.8 Å². The number of rotatable bonds is 1. The van der Waals surface area contributed by atoms with E-state index >= 15 is 0 Å². The average Bonchev–Trinajstić information content (AvgIpc) is 3.00. The van der Waals surface area contributed by atoms with Crippen LogP contribution in [0.4, 0.5) is 0 Å². The molecule has 0 radical (unpaired) electrons. The molecule has 3 nitrogen and oxygen atoms in total. The molecule has 0 spiro atoms.